The van der Waals surface area contributed by atoms with Gasteiger partial charge in [0.05, 0.1) is 66.1 Å². The van der Waals surface area contributed by atoms with Gasteiger partial charge in [-0.05, 0) is 46.8 Å². The molecule has 0 aromatic heterocycles. The molecule has 9 nitrogen and oxygen atoms in total. The number of hydrogen-bond donors (Lipinski definition) is 2. The van der Waals surface area contributed by atoms with Gasteiger partial charge in [0.1, 0.15) is 23.4 Å². The molecule has 1 heterocycles. The molecule has 1 aliphatic heterocycles. The third-order valence-electron chi connectivity index (χ3n) is 8.47. The van der Waals surface area contributed by atoms with E-state index >= 15 is 0 Å². The van der Waals surface area contributed by atoms with Crippen molar-refractivity contribution < 1.29 is 47.0 Å². The fourth-order valence-corrected chi connectivity index (χ4v) is 6.07. The van der Waals surface area contributed by atoms with Crippen LogP contribution in [0.5, 0.6) is 17.2 Å². The van der Waals surface area contributed by atoms with Crippen LogP contribution in [0.25, 0.3) is 10.8 Å². The van der Waals surface area contributed by atoms with Crippen LogP contribution in [0.1, 0.15) is 29.0 Å². The molecule has 0 amide bonds. The van der Waals surface area contributed by atoms with Gasteiger partial charge in [-0.25, -0.2) is 8.78 Å². The van der Waals surface area contributed by atoms with Crippen molar-refractivity contribution in [2.75, 3.05) is 60.8 Å². The SMILES string of the molecule is COC[C@@H](O)CO[C@H]1CNC[C@H](OCc2cc(OC)c3ccccc3c2)[C@H]1c1ccc(OCCCOCc2cc(F)c(F)cc2OC)cc1. The molecular formula is C38H45F2NO8. The van der Waals surface area contributed by atoms with Gasteiger partial charge in [0.2, 0.25) is 0 Å². The van der Waals surface area contributed by atoms with Crippen LogP contribution in [-0.4, -0.2) is 84.3 Å². The standard InChI is InChI=1S/C38H45F2NO8/c1-43-23-29(42)24-49-37-20-41-19-36(48-21-25-15-27-7-4-5-8-31(27)35(16-25)45-3)38(37)26-9-11-30(12-10-26)47-14-6-13-46-22-28-17-32(39)33(40)18-34(28)44-2/h4-5,7-12,15-18,29,36-38,41-42H,6,13-14,19-24H2,1-3H3/t29-,36+,37+,38-/m1/s1. The molecule has 49 heavy (non-hydrogen) atoms. The minimum absolute atomic E-state index is 0.0920. The molecule has 4 aromatic rings. The minimum atomic E-state index is -0.964. The predicted molar refractivity (Wildman–Crippen MR) is 181 cm³/mol. The summed E-state index contributed by atoms with van der Waals surface area (Å²) in [4.78, 5) is 0. The lowest BCUT2D eigenvalue weighted by atomic mass is 9.85. The first kappa shape index (κ1) is 36.4. The fraction of sp³-hybridized carbons (Fsp3) is 0.421. The molecule has 4 atom stereocenters. The number of fused-ring (bicyclic) bond motifs is 1. The smallest absolute Gasteiger partial charge is 0.162 e. The lowest BCUT2D eigenvalue weighted by Crippen LogP contribution is -2.51. The second kappa shape index (κ2) is 18.2. The molecule has 11 heteroatoms. The van der Waals surface area contributed by atoms with Crippen LogP contribution in [0.15, 0.2) is 72.8 Å². The maximum atomic E-state index is 13.6. The number of ether oxygens (including phenoxy) is 7. The van der Waals surface area contributed by atoms with Crippen molar-refractivity contribution in [1.29, 1.82) is 0 Å². The van der Waals surface area contributed by atoms with Crippen LogP contribution in [0.3, 0.4) is 0 Å². The van der Waals surface area contributed by atoms with Gasteiger partial charge in [-0.2, -0.15) is 0 Å². The van der Waals surface area contributed by atoms with Crippen LogP contribution in [-0.2, 0) is 32.2 Å². The minimum Gasteiger partial charge on any atom is -0.496 e. The largest absolute Gasteiger partial charge is 0.496 e. The fourth-order valence-electron chi connectivity index (χ4n) is 6.07. The molecule has 4 aromatic carbocycles. The van der Waals surface area contributed by atoms with Gasteiger partial charge in [-0.1, -0.05) is 36.4 Å². The van der Waals surface area contributed by atoms with Crippen molar-refractivity contribution in [3.63, 3.8) is 0 Å². The van der Waals surface area contributed by atoms with E-state index in [1.54, 1.807) is 14.2 Å². The highest BCUT2D eigenvalue weighted by atomic mass is 19.2. The number of aliphatic hydroxyl groups excluding tert-OH is 1. The van der Waals surface area contributed by atoms with E-state index in [1.807, 2.05) is 48.5 Å². The normalized spacial score (nSPS) is 18.4. The Bertz CT molecular complexity index is 1620. The molecule has 1 aliphatic rings. The highest BCUT2D eigenvalue weighted by Gasteiger charge is 2.36. The highest BCUT2D eigenvalue weighted by Crippen LogP contribution is 2.33. The number of methoxy groups -OCH3 is 3. The number of hydrogen-bond acceptors (Lipinski definition) is 9. The van der Waals surface area contributed by atoms with Gasteiger partial charge in [0, 0.05) is 49.6 Å². The van der Waals surface area contributed by atoms with E-state index in [4.69, 9.17) is 33.2 Å². The predicted octanol–water partition coefficient (Wildman–Crippen LogP) is 5.79. The molecule has 0 aliphatic carbocycles. The average molecular weight is 682 g/mol. The van der Waals surface area contributed by atoms with Gasteiger partial charge >= 0.3 is 0 Å². The van der Waals surface area contributed by atoms with Crippen LogP contribution >= 0.6 is 0 Å². The third-order valence-corrected chi connectivity index (χ3v) is 8.47. The van der Waals surface area contributed by atoms with Crippen molar-refractivity contribution in [2.24, 2.45) is 0 Å². The average Bonchev–Trinajstić information content (AvgIpc) is 3.12. The summed E-state index contributed by atoms with van der Waals surface area (Å²) in [6, 6.07) is 22.2. The van der Waals surface area contributed by atoms with Crippen LogP contribution in [0.4, 0.5) is 8.78 Å². The summed E-state index contributed by atoms with van der Waals surface area (Å²) >= 11 is 0. The lowest BCUT2D eigenvalue weighted by molar-refractivity contribution is -0.0856. The Morgan fingerprint density at radius 1 is 0.796 bits per heavy atom. The number of rotatable bonds is 18. The summed E-state index contributed by atoms with van der Waals surface area (Å²) in [6.07, 6.45) is -0.617. The number of nitrogens with one attached hydrogen (secondary N) is 1. The zero-order valence-corrected chi connectivity index (χ0v) is 28.2. The van der Waals surface area contributed by atoms with Crippen molar-refractivity contribution in [3.05, 3.63) is 101 Å². The molecule has 2 N–H and O–H groups in total. The molecule has 0 unspecified atom stereocenters. The van der Waals surface area contributed by atoms with E-state index in [0.29, 0.717) is 50.6 Å². The summed E-state index contributed by atoms with van der Waals surface area (Å²) in [5.74, 6) is -0.281. The lowest BCUT2D eigenvalue weighted by Gasteiger charge is -2.39. The van der Waals surface area contributed by atoms with Crippen molar-refractivity contribution in [1.82, 2.24) is 5.32 Å². The third kappa shape index (κ3) is 9.87. The Kier molecular flexibility index (Phi) is 13.6. The molecule has 264 valence electrons. The summed E-state index contributed by atoms with van der Waals surface area (Å²) in [7, 11) is 4.62. The Balaban J connectivity index is 1.20. The van der Waals surface area contributed by atoms with Gasteiger partial charge in [-0.15, -0.1) is 0 Å². The molecule has 1 fully saturated rings. The number of aliphatic hydroxyl groups is 1. The molecule has 0 saturated carbocycles. The van der Waals surface area contributed by atoms with Gasteiger partial charge in [-0.3, -0.25) is 0 Å². The summed E-state index contributed by atoms with van der Waals surface area (Å²) in [5, 5.41) is 15.9. The van der Waals surface area contributed by atoms with Crippen LogP contribution < -0.4 is 19.5 Å². The first-order chi connectivity index (χ1) is 23.9. The maximum Gasteiger partial charge on any atom is 0.162 e. The van der Waals surface area contributed by atoms with Crippen molar-refractivity contribution in [3.8, 4) is 17.2 Å². The Morgan fingerprint density at radius 2 is 1.53 bits per heavy atom. The second-order valence-electron chi connectivity index (χ2n) is 11.9. The van der Waals surface area contributed by atoms with E-state index in [9.17, 15) is 13.9 Å². The Labute approximate surface area is 286 Å². The Morgan fingerprint density at radius 3 is 2.29 bits per heavy atom. The van der Waals surface area contributed by atoms with E-state index < -0.39 is 17.7 Å². The topological polar surface area (TPSA) is 96.9 Å². The summed E-state index contributed by atoms with van der Waals surface area (Å²) < 4.78 is 67.4. The van der Waals surface area contributed by atoms with Crippen LogP contribution in [0.2, 0.25) is 0 Å². The van der Waals surface area contributed by atoms with Gasteiger partial charge in [0.15, 0.2) is 11.6 Å². The molecule has 0 spiro atoms. The van der Waals surface area contributed by atoms with E-state index in [0.717, 1.165) is 39.8 Å². The zero-order chi connectivity index (χ0) is 34.6. The quantitative estimate of drug-likeness (QED) is 0.127. The number of halogens is 2. The van der Waals surface area contributed by atoms with E-state index in [-0.39, 0.29) is 43.7 Å². The number of piperidine rings is 1. The first-order valence-corrected chi connectivity index (χ1v) is 16.4. The molecular weight excluding hydrogens is 636 g/mol. The monoisotopic (exact) mass is 681 g/mol. The Hall–Kier alpha value is -3.84. The number of benzene rings is 4. The van der Waals surface area contributed by atoms with Crippen molar-refractivity contribution in [2.45, 2.75) is 43.9 Å². The van der Waals surface area contributed by atoms with Gasteiger partial charge < -0.3 is 43.6 Å². The summed E-state index contributed by atoms with van der Waals surface area (Å²) in [6.45, 7) is 2.80. The molecule has 0 radical (unpaired) electrons. The zero-order valence-electron chi connectivity index (χ0n) is 28.2. The summed E-state index contributed by atoms with van der Waals surface area (Å²) in [5.41, 5.74) is 2.47. The van der Waals surface area contributed by atoms with Crippen molar-refractivity contribution >= 4 is 10.8 Å². The van der Waals surface area contributed by atoms with E-state index in [1.165, 1.54) is 7.11 Å². The van der Waals surface area contributed by atoms with E-state index in [2.05, 4.69) is 17.4 Å². The maximum absolute atomic E-state index is 13.6. The molecule has 0 bridgehead atoms. The molecule has 1 saturated heterocycles. The highest BCUT2D eigenvalue weighted by molar-refractivity contribution is 5.89. The molecule has 5 rings (SSSR count). The van der Waals surface area contributed by atoms with Crippen LogP contribution in [0, 0.1) is 11.6 Å². The van der Waals surface area contributed by atoms with Gasteiger partial charge in [0.25, 0.3) is 0 Å². The first-order valence-electron chi connectivity index (χ1n) is 16.4. The second-order valence-corrected chi connectivity index (χ2v) is 11.9.